The Morgan fingerprint density at radius 2 is 2.14 bits per heavy atom. The Morgan fingerprint density at radius 1 is 1.43 bits per heavy atom. The monoisotopic (exact) mass is 398 g/mol. The molecule has 0 aromatic heterocycles. The third-order valence-electron chi connectivity index (χ3n) is 3.80. The van der Waals surface area contributed by atoms with E-state index in [4.69, 9.17) is 5.26 Å². The predicted octanol–water partition coefficient (Wildman–Crippen LogP) is 2.98. The molecule has 0 spiro atoms. The molecule has 0 atom stereocenters. The summed E-state index contributed by atoms with van der Waals surface area (Å²) in [5, 5.41) is 12.3. The Kier molecular flexibility index (Phi) is 7.51. The van der Waals surface area contributed by atoms with Gasteiger partial charge in [-0.2, -0.15) is 5.26 Å². The van der Waals surface area contributed by atoms with Crippen LogP contribution < -0.4 is 5.32 Å². The number of likely N-dealkylation sites (tertiary alicyclic amines) is 1. The summed E-state index contributed by atoms with van der Waals surface area (Å²) in [6.45, 7) is 5.15. The number of nitrogens with zero attached hydrogens (tertiary/aromatic N) is 3. The average molecular weight is 398 g/mol. The standard InChI is InChI=1S/C16H22N4.HI/c1-13-6-8-20(9-7-13)16(18-2)19-12-15-5-3-4-14(10-15)11-17;/h3-5,10,13H,6-9,12H2,1-2H3,(H,18,19);1H. The van der Waals surface area contributed by atoms with Crippen molar-refractivity contribution in [3.05, 3.63) is 35.4 Å². The van der Waals surface area contributed by atoms with Crippen molar-refractivity contribution >= 4 is 29.9 Å². The molecule has 0 bridgehead atoms. The minimum atomic E-state index is 0. The minimum absolute atomic E-state index is 0. The van der Waals surface area contributed by atoms with Gasteiger partial charge < -0.3 is 10.2 Å². The summed E-state index contributed by atoms with van der Waals surface area (Å²) in [6.07, 6.45) is 2.45. The molecule has 1 aromatic rings. The number of piperidine rings is 1. The molecule has 1 heterocycles. The van der Waals surface area contributed by atoms with Crippen LogP contribution in [0.2, 0.25) is 0 Å². The first-order valence-corrected chi connectivity index (χ1v) is 7.17. The third-order valence-corrected chi connectivity index (χ3v) is 3.80. The fraction of sp³-hybridized carbons (Fsp3) is 0.500. The van der Waals surface area contributed by atoms with Gasteiger partial charge in [0.15, 0.2) is 5.96 Å². The minimum Gasteiger partial charge on any atom is -0.352 e. The SMILES string of the molecule is CN=C(NCc1cccc(C#N)c1)N1CCC(C)CC1.I. The maximum absolute atomic E-state index is 8.91. The zero-order valence-corrected chi connectivity index (χ0v) is 15.0. The van der Waals surface area contributed by atoms with Crippen molar-refractivity contribution in [1.29, 1.82) is 5.26 Å². The number of nitrogens with one attached hydrogen (secondary N) is 1. The molecule has 1 fully saturated rings. The van der Waals surface area contributed by atoms with Crippen LogP contribution in [-0.4, -0.2) is 31.0 Å². The van der Waals surface area contributed by atoms with Crippen LogP contribution in [0.4, 0.5) is 0 Å². The van der Waals surface area contributed by atoms with E-state index in [0.29, 0.717) is 12.1 Å². The third kappa shape index (κ3) is 5.20. The van der Waals surface area contributed by atoms with E-state index in [1.54, 1.807) is 0 Å². The Hall–Kier alpha value is -1.29. The topological polar surface area (TPSA) is 51.4 Å². The number of benzene rings is 1. The second kappa shape index (κ2) is 8.88. The van der Waals surface area contributed by atoms with Crippen molar-refractivity contribution in [3.63, 3.8) is 0 Å². The first-order chi connectivity index (χ1) is 9.72. The van der Waals surface area contributed by atoms with Crippen molar-refractivity contribution in [1.82, 2.24) is 10.2 Å². The molecule has 1 aliphatic heterocycles. The largest absolute Gasteiger partial charge is 0.352 e. The summed E-state index contributed by atoms with van der Waals surface area (Å²) in [5.74, 6) is 1.77. The number of hydrogen-bond acceptors (Lipinski definition) is 2. The molecule has 1 aliphatic rings. The Balaban J connectivity index is 0.00000220. The average Bonchev–Trinajstić information content (AvgIpc) is 2.50. The number of aliphatic imine (C=N–C) groups is 1. The van der Waals surface area contributed by atoms with Gasteiger partial charge in [0.2, 0.25) is 0 Å². The fourth-order valence-corrected chi connectivity index (χ4v) is 2.48. The van der Waals surface area contributed by atoms with Gasteiger partial charge in [-0.1, -0.05) is 19.1 Å². The zero-order valence-electron chi connectivity index (χ0n) is 12.7. The fourth-order valence-electron chi connectivity index (χ4n) is 2.48. The lowest BCUT2D eigenvalue weighted by Gasteiger charge is -2.32. The molecule has 114 valence electrons. The second-order valence-corrected chi connectivity index (χ2v) is 5.38. The van der Waals surface area contributed by atoms with E-state index in [-0.39, 0.29) is 24.0 Å². The summed E-state index contributed by atoms with van der Waals surface area (Å²) in [5.41, 5.74) is 1.81. The normalized spacial score (nSPS) is 16.0. The number of hydrogen-bond donors (Lipinski definition) is 1. The molecule has 0 saturated carbocycles. The molecule has 5 heteroatoms. The van der Waals surface area contributed by atoms with Crippen molar-refractivity contribution in [2.75, 3.05) is 20.1 Å². The van der Waals surface area contributed by atoms with E-state index in [9.17, 15) is 0 Å². The maximum Gasteiger partial charge on any atom is 0.193 e. The summed E-state index contributed by atoms with van der Waals surface area (Å²) >= 11 is 0. The van der Waals surface area contributed by atoms with Crippen LogP contribution in [0.5, 0.6) is 0 Å². The van der Waals surface area contributed by atoms with E-state index in [0.717, 1.165) is 30.5 Å². The lowest BCUT2D eigenvalue weighted by molar-refractivity contribution is 0.273. The van der Waals surface area contributed by atoms with Crippen LogP contribution in [0, 0.1) is 17.2 Å². The molecule has 0 amide bonds. The van der Waals surface area contributed by atoms with Gasteiger partial charge in [-0.15, -0.1) is 24.0 Å². The van der Waals surface area contributed by atoms with E-state index in [2.05, 4.69) is 28.2 Å². The molecule has 1 aromatic carbocycles. The van der Waals surface area contributed by atoms with Crippen LogP contribution in [-0.2, 0) is 6.54 Å². The number of rotatable bonds is 2. The van der Waals surface area contributed by atoms with E-state index >= 15 is 0 Å². The van der Waals surface area contributed by atoms with Crippen LogP contribution >= 0.6 is 24.0 Å². The highest BCUT2D eigenvalue weighted by molar-refractivity contribution is 14.0. The van der Waals surface area contributed by atoms with Crippen molar-refractivity contribution < 1.29 is 0 Å². The first-order valence-electron chi connectivity index (χ1n) is 7.17. The first kappa shape index (κ1) is 17.8. The van der Waals surface area contributed by atoms with Gasteiger partial charge in [0, 0.05) is 26.7 Å². The Morgan fingerprint density at radius 3 is 2.76 bits per heavy atom. The Bertz CT molecular complexity index is 513. The molecular weight excluding hydrogens is 375 g/mol. The summed E-state index contributed by atoms with van der Waals surface area (Å²) < 4.78 is 0. The van der Waals surface area contributed by atoms with Gasteiger partial charge in [-0.05, 0) is 36.5 Å². The molecule has 4 nitrogen and oxygen atoms in total. The smallest absolute Gasteiger partial charge is 0.193 e. The second-order valence-electron chi connectivity index (χ2n) is 5.38. The molecule has 0 radical (unpaired) electrons. The van der Waals surface area contributed by atoms with Gasteiger partial charge in [0.05, 0.1) is 11.6 Å². The van der Waals surface area contributed by atoms with E-state index in [1.807, 2.05) is 31.3 Å². The highest BCUT2D eigenvalue weighted by atomic mass is 127. The number of halogens is 1. The van der Waals surface area contributed by atoms with Crippen LogP contribution in [0.1, 0.15) is 30.9 Å². The highest BCUT2D eigenvalue weighted by Gasteiger charge is 2.18. The van der Waals surface area contributed by atoms with Gasteiger partial charge >= 0.3 is 0 Å². The van der Waals surface area contributed by atoms with Crippen molar-refractivity contribution in [2.24, 2.45) is 10.9 Å². The zero-order chi connectivity index (χ0) is 14.4. The van der Waals surface area contributed by atoms with Crippen LogP contribution in [0.25, 0.3) is 0 Å². The molecule has 1 saturated heterocycles. The number of nitriles is 1. The predicted molar refractivity (Wildman–Crippen MR) is 96.7 cm³/mol. The summed E-state index contributed by atoms with van der Waals surface area (Å²) in [7, 11) is 1.83. The van der Waals surface area contributed by atoms with Crippen LogP contribution in [0.15, 0.2) is 29.3 Å². The highest BCUT2D eigenvalue weighted by Crippen LogP contribution is 2.16. The van der Waals surface area contributed by atoms with Gasteiger partial charge in [0.1, 0.15) is 0 Å². The molecule has 1 N–H and O–H groups in total. The summed E-state index contributed by atoms with van der Waals surface area (Å²) in [6, 6.07) is 9.85. The van der Waals surface area contributed by atoms with E-state index < -0.39 is 0 Å². The lowest BCUT2D eigenvalue weighted by atomic mass is 9.99. The lowest BCUT2D eigenvalue weighted by Crippen LogP contribution is -2.45. The van der Waals surface area contributed by atoms with Gasteiger partial charge in [-0.25, -0.2) is 0 Å². The maximum atomic E-state index is 8.91. The summed E-state index contributed by atoms with van der Waals surface area (Å²) in [4.78, 5) is 6.67. The molecular formula is C16H23IN4. The molecule has 0 unspecified atom stereocenters. The van der Waals surface area contributed by atoms with Crippen LogP contribution in [0.3, 0.4) is 0 Å². The van der Waals surface area contributed by atoms with Gasteiger partial charge in [-0.3, -0.25) is 4.99 Å². The Labute approximate surface area is 144 Å². The number of guanidine groups is 1. The molecule has 2 rings (SSSR count). The quantitative estimate of drug-likeness (QED) is 0.474. The van der Waals surface area contributed by atoms with Gasteiger partial charge in [0.25, 0.3) is 0 Å². The van der Waals surface area contributed by atoms with Crippen molar-refractivity contribution in [3.8, 4) is 6.07 Å². The van der Waals surface area contributed by atoms with E-state index in [1.165, 1.54) is 12.8 Å². The molecule has 0 aliphatic carbocycles. The molecule has 21 heavy (non-hydrogen) atoms. The van der Waals surface area contributed by atoms with Crippen molar-refractivity contribution in [2.45, 2.75) is 26.3 Å².